The maximum absolute atomic E-state index is 12.4. The minimum Gasteiger partial charge on any atom is -0.490 e. The van der Waals surface area contributed by atoms with Gasteiger partial charge in [-0.05, 0) is 49.9 Å². The van der Waals surface area contributed by atoms with Crippen LogP contribution in [0.15, 0.2) is 24.3 Å². The Balaban J connectivity index is 0.000000298. The lowest BCUT2D eigenvalue weighted by molar-refractivity contribution is -0.192. The van der Waals surface area contributed by atoms with Gasteiger partial charge in [-0.3, -0.25) is 0 Å². The lowest BCUT2D eigenvalue weighted by Crippen LogP contribution is -2.42. The van der Waals surface area contributed by atoms with E-state index in [1.807, 2.05) is 0 Å². The van der Waals surface area contributed by atoms with Crippen molar-refractivity contribution in [1.29, 1.82) is 0 Å². The number of halogens is 6. The number of carbonyl (C=O) groups is 1. The van der Waals surface area contributed by atoms with Crippen molar-refractivity contribution in [3.05, 3.63) is 29.8 Å². The quantitative estimate of drug-likeness (QED) is 0.756. The number of piperidine rings is 1. The Kier molecular flexibility index (Phi) is 6.05. The normalized spacial score (nSPS) is 25.2. The molecule has 0 aliphatic carbocycles. The van der Waals surface area contributed by atoms with Crippen molar-refractivity contribution in [3.8, 4) is 5.75 Å². The molecule has 2 saturated heterocycles. The fourth-order valence-electron chi connectivity index (χ4n) is 3.02. The monoisotopic (exact) mass is 385 g/mol. The van der Waals surface area contributed by atoms with Crippen LogP contribution in [-0.4, -0.2) is 35.4 Å². The summed E-state index contributed by atoms with van der Waals surface area (Å²) in [5.41, 5.74) is -0.634. The van der Waals surface area contributed by atoms with Gasteiger partial charge in [0.2, 0.25) is 0 Å². The maximum Gasteiger partial charge on any atom is 0.490 e. The molecular formula is C16H17F6NO3. The van der Waals surface area contributed by atoms with E-state index in [2.05, 4.69) is 5.32 Å². The van der Waals surface area contributed by atoms with E-state index in [-0.39, 0.29) is 6.10 Å². The number of fused-ring (bicyclic) bond motifs is 2. The standard InChI is InChI=1S/C14H16F3NO.C2HF3O2/c15-14(16,17)9-1-5-12(6-2-9)19-13-7-10-3-4-11(8-13)18-10;3-2(4,5)1(6)7/h1-2,5-6,10-11,13,18H,3-4,7-8H2;(H,6,7)/t10-,11+,13?;. The van der Waals surface area contributed by atoms with Crippen LogP contribution in [0.4, 0.5) is 26.3 Å². The summed E-state index contributed by atoms with van der Waals surface area (Å²) in [6, 6.07) is 5.99. The van der Waals surface area contributed by atoms with Crippen molar-refractivity contribution in [1.82, 2.24) is 5.32 Å². The minimum absolute atomic E-state index is 0.121. The molecule has 1 aromatic carbocycles. The van der Waals surface area contributed by atoms with Gasteiger partial charge >= 0.3 is 18.3 Å². The van der Waals surface area contributed by atoms with E-state index in [1.54, 1.807) is 0 Å². The average molecular weight is 385 g/mol. The van der Waals surface area contributed by atoms with Crippen LogP contribution >= 0.6 is 0 Å². The van der Waals surface area contributed by atoms with E-state index in [0.717, 1.165) is 25.0 Å². The smallest absolute Gasteiger partial charge is 0.490 e. The van der Waals surface area contributed by atoms with Gasteiger partial charge in [0.05, 0.1) is 5.56 Å². The van der Waals surface area contributed by atoms with Crippen LogP contribution in [0.3, 0.4) is 0 Å². The van der Waals surface area contributed by atoms with E-state index >= 15 is 0 Å². The van der Waals surface area contributed by atoms with Crippen LogP contribution in [0.2, 0.25) is 0 Å². The summed E-state index contributed by atoms with van der Waals surface area (Å²) in [7, 11) is 0. The molecule has 26 heavy (non-hydrogen) atoms. The van der Waals surface area contributed by atoms with Crippen molar-refractivity contribution in [3.63, 3.8) is 0 Å². The Bertz CT molecular complexity index is 602. The SMILES string of the molecule is FC(F)(F)c1ccc(OC2C[C@H]3CC[C@@H](C2)N3)cc1.O=C(O)C(F)(F)F. The molecule has 3 rings (SSSR count). The largest absolute Gasteiger partial charge is 0.490 e. The molecule has 3 atom stereocenters. The first-order valence-corrected chi connectivity index (χ1v) is 7.85. The van der Waals surface area contributed by atoms with E-state index < -0.39 is 23.9 Å². The molecule has 2 aliphatic rings. The fourth-order valence-corrected chi connectivity index (χ4v) is 3.02. The number of benzene rings is 1. The second kappa shape index (κ2) is 7.73. The van der Waals surface area contributed by atoms with E-state index in [4.69, 9.17) is 14.6 Å². The van der Waals surface area contributed by atoms with Gasteiger partial charge in [-0.15, -0.1) is 0 Å². The first kappa shape index (κ1) is 20.3. The lowest BCUT2D eigenvalue weighted by Gasteiger charge is -2.29. The molecule has 2 heterocycles. The molecule has 1 unspecified atom stereocenters. The first-order valence-electron chi connectivity index (χ1n) is 7.85. The van der Waals surface area contributed by atoms with E-state index in [0.29, 0.717) is 17.8 Å². The summed E-state index contributed by atoms with van der Waals surface area (Å²) >= 11 is 0. The van der Waals surface area contributed by atoms with Crippen LogP contribution in [0.25, 0.3) is 0 Å². The van der Waals surface area contributed by atoms with Gasteiger partial charge in [-0.1, -0.05) is 0 Å². The van der Waals surface area contributed by atoms with Crippen molar-refractivity contribution in [2.24, 2.45) is 0 Å². The van der Waals surface area contributed by atoms with Gasteiger partial charge in [0.15, 0.2) is 0 Å². The van der Waals surface area contributed by atoms with E-state index in [1.165, 1.54) is 25.0 Å². The Morgan fingerprint density at radius 1 is 1.00 bits per heavy atom. The molecule has 0 spiro atoms. The number of ether oxygens (including phenoxy) is 1. The lowest BCUT2D eigenvalue weighted by atomic mass is 10.0. The number of nitrogens with one attached hydrogen (secondary N) is 1. The van der Waals surface area contributed by atoms with Crippen LogP contribution in [0, 0.1) is 0 Å². The third-order valence-corrected chi connectivity index (χ3v) is 4.16. The molecule has 2 fully saturated rings. The third kappa shape index (κ3) is 5.79. The Morgan fingerprint density at radius 3 is 1.85 bits per heavy atom. The second-order valence-electron chi connectivity index (χ2n) is 6.17. The van der Waals surface area contributed by atoms with Gasteiger partial charge in [0.25, 0.3) is 0 Å². The number of alkyl halides is 6. The fraction of sp³-hybridized carbons (Fsp3) is 0.562. The second-order valence-corrected chi connectivity index (χ2v) is 6.17. The topological polar surface area (TPSA) is 58.6 Å². The molecule has 2 aliphatic heterocycles. The van der Waals surface area contributed by atoms with E-state index in [9.17, 15) is 26.3 Å². The number of rotatable bonds is 2. The molecule has 0 radical (unpaired) electrons. The Labute approximate surface area is 145 Å². The van der Waals surface area contributed by atoms with Crippen molar-refractivity contribution < 1.29 is 41.0 Å². The zero-order chi connectivity index (χ0) is 19.5. The summed E-state index contributed by atoms with van der Waals surface area (Å²) in [4.78, 5) is 8.90. The summed E-state index contributed by atoms with van der Waals surface area (Å²) in [5, 5.41) is 10.6. The molecule has 0 aromatic heterocycles. The molecule has 2 bridgehead atoms. The zero-order valence-corrected chi connectivity index (χ0v) is 13.4. The highest BCUT2D eigenvalue weighted by atomic mass is 19.4. The minimum atomic E-state index is -5.08. The third-order valence-electron chi connectivity index (χ3n) is 4.16. The van der Waals surface area contributed by atoms with Crippen molar-refractivity contribution in [2.75, 3.05) is 0 Å². The number of hydrogen-bond donors (Lipinski definition) is 2. The number of aliphatic carboxylic acids is 1. The highest BCUT2D eigenvalue weighted by Crippen LogP contribution is 2.32. The van der Waals surface area contributed by atoms with Gasteiger partial charge in [0.1, 0.15) is 11.9 Å². The molecule has 2 N–H and O–H groups in total. The number of hydrogen-bond acceptors (Lipinski definition) is 3. The van der Waals surface area contributed by atoms with Gasteiger partial charge in [-0.2, -0.15) is 26.3 Å². The van der Waals surface area contributed by atoms with Gasteiger partial charge in [0, 0.05) is 12.1 Å². The molecular weight excluding hydrogens is 368 g/mol. The predicted octanol–water partition coefficient (Wildman–Crippen LogP) is 4.00. The van der Waals surface area contributed by atoms with Crippen LogP contribution in [0.1, 0.15) is 31.2 Å². The summed E-state index contributed by atoms with van der Waals surface area (Å²) in [6.45, 7) is 0. The first-order chi connectivity index (χ1) is 11.9. The molecule has 146 valence electrons. The van der Waals surface area contributed by atoms with Gasteiger partial charge < -0.3 is 15.2 Å². The number of carboxylic acid groups (broad SMARTS) is 1. The number of carboxylic acids is 1. The van der Waals surface area contributed by atoms with Crippen molar-refractivity contribution in [2.45, 2.75) is 56.2 Å². The zero-order valence-electron chi connectivity index (χ0n) is 13.4. The molecule has 0 amide bonds. The maximum atomic E-state index is 12.4. The summed E-state index contributed by atoms with van der Waals surface area (Å²) in [6.07, 6.45) is -5.01. The van der Waals surface area contributed by atoms with Crippen LogP contribution in [0.5, 0.6) is 5.75 Å². The highest BCUT2D eigenvalue weighted by Gasteiger charge is 2.38. The van der Waals surface area contributed by atoms with Gasteiger partial charge in [-0.25, -0.2) is 4.79 Å². The predicted molar refractivity (Wildman–Crippen MR) is 78.7 cm³/mol. The molecule has 4 nitrogen and oxygen atoms in total. The Hall–Kier alpha value is -1.97. The average Bonchev–Trinajstić information content (AvgIpc) is 2.85. The van der Waals surface area contributed by atoms with Crippen molar-refractivity contribution >= 4 is 5.97 Å². The highest BCUT2D eigenvalue weighted by molar-refractivity contribution is 5.73. The summed E-state index contributed by atoms with van der Waals surface area (Å²) < 4.78 is 74.9. The van der Waals surface area contributed by atoms with Crippen LogP contribution < -0.4 is 10.1 Å². The molecule has 0 saturated carbocycles. The summed E-state index contributed by atoms with van der Waals surface area (Å²) in [5.74, 6) is -2.23. The molecule has 1 aromatic rings. The van der Waals surface area contributed by atoms with Crippen LogP contribution in [-0.2, 0) is 11.0 Å². The Morgan fingerprint density at radius 2 is 1.46 bits per heavy atom. The molecule has 10 heteroatoms.